The van der Waals surface area contributed by atoms with E-state index in [1.165, 1.54) is 0 Å². The number of furan rings is 1. The first-order chi connectivity index (χ1) is 11.5. The number of carbonyl (C=O) groups excluding carboxylic acids is 1. The molecule has 1 aliphatic heterocycles. The highest BCUT2D eigenvalue weighted by atomic mass is 32.2. The second-order valence-corrected chi connectivity index (χ2v) is 8.32. The first kappa shape index (κ1) is 16.8. The topological polar surface area (TPSA) is 67.6 Å². The molecule has 0 aliphatic carbocycles. The summed E-state index contributed by atoms with van der Waals surface area (Å²) in [5, 5.41) is 0. The van der Waals surface area contributed by atoms with Crippen LogP contribution in [0.3, 0.4) is 0 Å². The standard InChI is InChI=1S/C18H21NO4S/c1-2-16-8-9-17(23-16)18(20)19(12-14-6-4-3-5-7-14)15-10-11-24(21,22)13-15/h3-9,15H,2,10-13H2,1H3. The molecule has 1 aromatic heterocycles. The molecule has 24 heavy (non-hydrogen) atoms. The van der Waals surface area contributed by atoms with Gasteiger partial charge in [-0.25, -0.2) is 8.42 Å². The number of benzene rings is 1. The molecule has 3 rings (SSSR count). The Morgan fingerprint density at radius 3 is 2.54 bits per heavy atom. The maximum Gasteiger partial charge on any atom is 0.290 e. The molecule has 1 aromatic carbocycles. The summed E-state index contributed by atoms with van der Waals surface area (Å²) in [5.41, 5.74) is 0.970. The fourth-order valence-electron chi connectivity index (χ4n) is 2.99. The average molecular weight is 347 g/mol. The van der Waals surface area contributed by atoms with E-state index in [1.807, 2.05) is 37.3 Å². The van der Waals surface area contributed by atoms with Gasteiger partial charge in [0.05, 0.1) is 11.5 Å². The molecule has 1 atom stereocenters. The van der Waals surface area contributed by atoms with Gasteiger partial charge in [-0.15, -0.1) is 0 Å². The molecule has 0 spiro atoms. The van der Waals surface area contributed by atoms with Crippen molar-refractivity contribution < 1.29 is 17.6 Å². The number of amides is 1. The number of rotatable bonds is 5. The Labute approximate surface area is 142 Å². The zero-order chi connectivity index (χ0) is 17.2. The molecule has 0 N–H and O–H groups in total. The first-order valence-corrected chi connectivity index (χ1v) is 9.94. The SMILES string of the molecule is CCc1ccc(C(=O)N(Cc2ccccc2)C2CCS(=O)(=O)C2)o1. The second kappa shape index (κ2) is 6.81. The van der Waals surface area contributed by atoms with Crippen LogP contribution in [0.25, 0.3) is 0 Å². The van der Waals surface area contributed by atoms with Crippen molar-refractivity contribution in [3.63, 3.8) is 0 Å². The van der Waals surface area contributed by atoms with Crippen LogP contribution in [0.5, 0.6) is 0 Å². The molecule has 0 saturated carbocycles. The zero-order valence-electron chi connectivity index (χ0n) is 13.6. The summed E-state index contributed by atoms with van der Waals surface area (Å²) in [5.74, 6) is 0.923. The molecule has 2 heterocycles. The number of carbonyl (C=O) groups is 1. The molecule has 0 radical (unpaired) electrons. The lowest BCUT2D eigenvalue weighted by molar-refractivity contribution is 0.0646. The van der Waals surface area contributed by atoms with Crippen LogP contribution >= 0.6 is 0 Å². The molecule has 1 saturated heterocycles. The lowest BCUT2D eigenvalue weighted by Gasteiger charge is -2.27. The molecule has 1 aliphatic rings. The first-order valence-electron chi connectivity index (χ1n) is 8.12. The Hall–Kier alpha value is -2.08. The van der Waals surface area contributed by atoms with Gasteiger partial charge in [0.1, 0.15) is 5.76 Å². The van der Waals surface area contributed by atoms with Crippen molar-refractivity contribution in [2.24, 2.45) is 0 Å². The van der Waals surface area contributed by atoms with Crippen molar-refractivity contribution in [1.29, 1.82) is 0 Å². The fraction of sp³-hybridized carbons (Fsp3) is 0.389. The Morgan fingerprint density at radius 2 is 1.96 bits per heavy atom. The Kier molecular flexibility index (Phi) is 4.76. The molecular weight excluding hydrogens is 326 g/mol. The summed E-state index contributed by atoms with van der Waals surface area (Å²) in [6.07, 6.45) is 1.19. The van der Waals surface area contributed by atoms with Crippen LogP contribution in [-0.2, 0) is 22.8 Å². The number of aryl methyl sites for hydroxylation is 1. The van der Waals surface area contributed by atoms with Crippen LogP contribution in [0.15, 0.2) is 46.9 Å². The van der Waals surface area contributed by atoms with Gasteiger partial charge in [0.2, 0.25) is 0 Å². The van der Waals surface area contributed by atoms with Gasteiger partial charge in [-0.1, -0.05) is 37.3 Å². The van der Waals surface area contributed by atoms with Crippen molar-refractivity contribution >= 4 is 15.7 Å². The van der Waals surface area contributed by atoms with Gasteiger partial charge in [-0.2, -0.15) is 0 Å². The van der Waals surface area contributed by atoms with Crippen molar-refractivity contribution in [2.75, 3.05) is 11.5 Å². The highest BCUT2D eigenvalue weighted by Gasteiger charge is 2.35. The third kappa shape index (κ3) is 3.70. The van der Waals surface area contributed by atoms with E-state index in [2.05, 4.69) is 0 Å². The minimum atomic E-state index is -3.07. The van der Waals surface area contributed by atoms with Gasteiger partial charge in [0, 0.05) is 19.0 Å². The summed E-state index contributed by atoms with van der Waals surface area (Å²) in [4.78, 5) is 14.6. The van der Waals surface area contributed by atoms with Gasteiger partial charge in [-0.3, -0.25) is 4.79 Å². The van der Waals surface area contributed by atoms with Gasteiger partial charge in [-0.05, 0) is 24.1 Å². The van der Waals surface area contributed by atoms with E-state index in [9.17, 15) is 13.2 Å². The largest absolute Gasteiger partial charge is 0.456 e. The number of sulfone groups is 1. The molecule has 1 fully saturated rings. The molecule has 5 nitrogen and oxygen atoms in total. The maximum atomic E-state index is 12.9. The van der Waals surface area contributed by atoms with Crippen molar-refractivity contribution in [3.8, 4) is 0 Å². The molecule has 0 bridgehead atoms. The predicted octanol–water partition coefficient (Wildman–Crippen LogP) is 2.67. The quantitative estimate of drug-likeness (QED) is 0.834. The van der Waals surface area contributed by atoms with Crippen LogP contribution in [-0.4, -0.2) is 36.8 Å². The van der Waals surface area contributed by atoms with Crippen LogP contribution in [0.1, 0.15) is 35.2 Å². The van der Waals surface area contributed by atoms with Crippen LogP contribution in [0, 0.1) is 0 Å². The molecule has 1 amide bonds. The number of nitrogens with zero attached hydrogens (tertiary/aromatic N) is 1. The van der Waals surface area contributed by atoms with E-state index < -0.39 is 9.84 Å². The van der Waals surface area contributed by atoms with E-state index in [0.29, 0.717) is 19.4 Å². The van der Waals surface area contributed by atoms with Gasteiger partial charge >= 0.3 is 0 Å². The third-order valence-corrected chi connectivity index (χ3v) is 6.08. The van der Waals surface area contributed by atoms with Crippen LogP contribution < -0.4 is 0 Å². The van der Waals surface area contributed by atoms with Crippen LogP contribution in [0.4, 0.5) is 0 Å². The third-order valence-electron chi connectivity index (χ3n) is 4.33. The summed E-state index contributed by atoms with van der Waals surface area (Å²) in [6, 6.07) is 12.7. The van der Waals surface area contributed by atoms with E-state index in [0.717, 1.165) is 11.3 Å². The molecule has 2 aromatic rings. The fourth-order valence-corrected chi connectivity index (χ4v) is 4.72. The smallest absolute Gasteiger partial charge is 0.290 e. The summed E-state index contributed by atoms with van der Waals surface area (Å²) < 4.78 is 29.3. The summed E-state index contributed by atoms with van der Waals surface area (Å²) in [7, 11) is -3.07. The predicted molar refractivity (Wildman–Crippen MR) is 91.5 cm³/mol. The Morgan fingerprint density at radius 1 is 1.21 bits per heavy atom. The highest BCUT2D eigenvalue weighted by molar-refractivity contribution is 7.91. The van der Waals surface area contributed by atoms with E-state index in [1.54, 1.807) is 17.0 Å². The summed E-state index contributed by atoms with van der Waals surface area (Å²) in [6.45, 7) is 2.33. The van der Waals surface area contributed by atoms with Gasteiger partial charge < -0.3 is 9.32 Å². The molecular formula is C18H21NO4S. The number of hydrogen-bond acceptors (Lipinski definition) is 4. The van der Waals surface area contributed by atoms with Crippen LogP contribution in [0.2, 0.25) is 0 Å². The maximum absolute atomic E-state index is 12.9. The average Bonchev–Trinajstić information content (AvgIpc) is 3.19. The molecule has 6 heteroatoms. The highest BCUT2D eigenvalue weighted by Crippen LogP contribution is 2.23. The molecule has 1 unspecified atom stereocenters. The monoisotopic (exact) mass is 347 g/mol. The lowest BCUT2D eigenvalue weighted by Crippen LogP contribution is -2.40. The minimum absolute atomic E-state index is 0.0208. The van der Waals surface area contributed by atoms with E-state index in [-0.39, 0.29) is 29.2 Å². The van der Waals surface area contributed by atoms with Gasteiger partial charge in [0.15, 0.2) is 15.6 Å². The van der Waals surface area contributed by atoms with Crippen molar-refractivity contribution in [3.05, 3.63) is 59.5 Å². The zero-order valence-corrected chi connectivity index (χ0v) is 14.5. The number of hydrogen-bond donors (Lipinski definition) is 0. The van der Waals surface area contributed by atoms with Crippen molar-refractivity contribution in [1.82, 2.24) is 4.90 Å². The normalized spacial score (nSPS) is 19.3. The van der Waals surface area contributed by atoms with Gasteiger partial charge in [0.25, 0.3) is 5.91 Å². The lowest BCUT2D eigenvalue weighted by atomic mass is 10.1. The second-order valence-electron chi connectivity index (χ2n) is 6.10. The summed E-state index contributed by atoms with van der Waals surface area (Å²) >= 11 is 0. The van der Waals surface area contributed by atoms with E-state index in [4.69, 9.17) is 4.42 Å². The minimum Gasteiger partial charge on any atom is -0.456 e. The Bertz CT molecular complexity index is 811. The van der Waals surface area contributed by atoms with E-state index >= 15 is 0 Å². The Balaban J connectivity index is 1.87. The van der Waals surface area contributed by atoms with Crippen molar-refractivity contribution in [2.45, 2.75) is 32.4 Å². The molecule has 128 valence electrons.